The molecule has 134 valence electrons. The number of rotatable bonds is 7. The first kappa shape index (κ1) is 18.8. The summed E-state index contributed by atoms with van der Waals surface area (Å²) in [7, 11) is 0. The molecule has 0 fully saturated rings. The van der Waals surface area contributed by atoms with E-state index >= 15 is 0 Å². The molecule has 0 aliphatic carbocycles. The van der Waals surface area contributed by atoms with Crippen LogP contribution in [0.3, 0.4) is 0 Å². The standard InChI is InChI=1S/C16H13N3O7/c17-16(9-20,14(21)10-1-5-12(6-2-10)18(23)24)15(22)11-3-7-13(8-4-11)19(25)26/h1-8,20H,9,17H2. The molecular formula is C16H13N3O7. The van der Waals surface area contributed by atoms with Gasteiger partial charge in [0.05, 0.1) is 16.5 Å². The third kappa shape index (κ3) is 3.45. The van der Waals surface area contributed by atoms with Gasteiger partial charge in [-0.2, -0.15) is 0 Å². The fourth-order valence-electron chi connectivity index (χ4n) is 2.23. The number of hydrogen-bond acceptors (Lipinski definition) is 8. The quantitative estimate of drug-likeness (QED) is 0.322. The molecule has 0 spiro atoms. The Morgan fingerprint density at radius 2 is 1.15 bits per heavy atom. The zero-order chi connectivity index (χ0) is 19.5. The lowest BCUT2D eigenvalue weighted by Crippen LogP contribution is -2.57. The van der Waals surface area contributed by atoms with E-state index in [1.807, 2.05) is 0 Å². The molecule has 2 aromatic rings. The van der Waals surface area contributed by atoms with Crippen molar-refractivity contribution < 1.29 is 24.5 Å². The molecule has 0 aliphatic rings. The number of nitrogens with zero attached hydrogens (tertiary/aromatic N) is 2. The number of hydrogen-bond donors (Lipinski definition) is 2. The second-order valence-corrected chi connectivity index (χ2v) is 5.40. The predicted molar refractivity (Wildman–Crippen MR) is 88.9 cm³/mol. The van der Waals surface area contributed by atoms with Gasteiger partial charge in [-0.15, -0.1) is 0 Å². The summed E-state index contributed by atoms with van der Waals surface area (Å²) in [6, 6.07) is 8.79. The fraction of sp³-hybridized carbons (Fsp3) is 0.125. The Morgan fingerprint density at radius 3 is 1.38 bits per heavy atom. The number of benzene rings is 2. The summed E-state index contributed by atoms with van der Waals surface area (Å²) >= 11 is 0. The summed E-state index contributed by atoms with van der Waals surface area (Å²) in [5.41, 5.74) is 2.80. The minimum Gasteiger partial charge on any atom is -0.393 e. The molecular weight excluding hydrogens is 346 g/mol. The van der Waals surface area contributed by atoms with Crippen molar-refractivity contribution in [3.63, 3.8) is 0 Å². The van der Waals surface area contributed by atoms with Crippen molar-refractivity contribution in [3.05, 3.63) is 79.9 Å². The zero-order valence-electron chi connectivity index (χ0n) is 13.2. The maximum atomic E-state index is 12.6. The van der Waals surface area contributed by atoms with E-state index in [1.165, 1.54) is 0 Å². The van der Waals surface area contributed by atoms with Crippen molar-refractivity contribution in [1.82, 2.24) is 0 Å². The summed E-state index contributed by atoms with van der Waals surface area (Å²) in [5.74, 6) is -1.86. The van der Waals surface area contributed by atoms with Crippen molar-refractivity contribution in [3.8, 4) is 0 Å². The van der Waals surface area contributed by atoms with Gasteiger partial charge in [-0.25, -0.2) is 0 Å². The van der Waals surface area contributed by atoms with Gasteiger partial charge in [0.15, 0.2) is 17.1 Å². The van der Waals surface area contributed by atoms with Gasteiger partial charge in [-0.05, 0) is 24.3 Å². The first-order chi connectivity index (χ1) is 12.2. The zero-order valence-corrected chi connectivity index (χ0v) is 13.2. The van der Waals surface area contributed by atoms with Gasteiger partial charge < -0.3 is 10.8 Å². The summed E-state index contributed by atoms with van der Waals surface area (Å²) in [4.78, 5) is 45.2. The van der Waals surface area contributed by atoms with Crippen molar-refractivity contribution >= 4 is 22.9 Å². The highest BCUT2D eigenvalue weighted by Crippen LogP contribution is 2.21. The van der Waals surface area contributed by atoms with Crippen molar-refractivity contribution in [1.29, 1.82) is 0 Å². The van der Waals surface area contributed by atoms with Gasteiger partial charge in [-0.3, -0.25) is 29.8 Å². The van der Waals surface area contributed by atoms with Crippen molar-refractivity contribution in [2.75, 3.05) is 6.61 Å². The number of nitrogens with two attached hydrogens (primary N) is 1. The summed E-state index contributed by atoms with van der Waals surface area (Å²) < 4.78 is 0. The summed E-state index contributed by atoms with van der Waals surface area (Å²) in [6.45, 7) is -1.02. The first-order valence-electron chi connectivity index (χ1n) is 7.19. The smallest absolute Gasteiger partial charge is 0.269 e. The third-order valence-corrected chi connectivity index (χ3v) is 3.74. The van der Waals surface area contributed by atoms with Gasteiger partial charge in [0.1, 0.15) is 0 Å². The number of non-ortho nitro benzene ring substituents is 2. The van der Waals surface area contributed by atoms with Crippen LogP contribution >= 0.6 is 0 Å². The van der Waals surface area contributed by atoms with Crippen molar-refractivity contribution in [2.45, 2.75) is 5.54 Å². The molecule has 0 saturated heterocycles. The molecule has 0 saturated carbocycles. The second kappa shape index (κ2) is 7.17. The number of nitro groups is 2. The molecule has 2 rings (SSSR count). The topological polar surface area (TPSA) is 167 Å². The molecule has 0 atom stereocenters. The van der Waals surface area contributed by atoms with Crippen LogP contribution in [0, 0.1) is 20.2 Å². The predicted octanol–water partition coefficient (Wildman–Crippen LogP) is 1.26. The number of Topliss-reactive ketones (excluding diaryl/α,β-unsaturated/α-hetero) is 2. The number of aliphatic hydroxyl groups is 1. The highest BCUT2D eigenvalue weighted by Gasteiger charge is 2.42. The largest absolute Gasteiger partial charge is 0.393 e. The van der Waals surface area contributed by atoms with Crippen molar-refractivity contribution in [2.24, 2.45) is 5.73 Å². The van der Waals surface area contributed by atoms with Gasteiger partial charge in [0, 0.05) is 35.4 Å². The maximum absolute atomic E-state index is 12.6. The average Bonchev–Trinajstić information content (AvgIpc) is 2.66. The third-order valence-electron chi connectivity index (χ3n) is 3.74. The molecule has 0 radical (unpaired) electrons. The molecule has 3 N–H and O–H groups in total. The number of carbonyl (C=O) groups is 2. The van der Waals surface area contributed by atoms with E-state index in [4.69, 9.17) is 5.73 Å². The van der Waals surface area contributed by atoms with E-state index in [0.717, 1.165) is 48.5 Å². The van der Waals surface area contributed by atoms with Gasteiger partial charge in [0.25, 0.3) is 11.4 Å². The van der Waals surface area contributed by atoms with Crippen LogP contribution in [0.25, 0.3) is 0 Å². The molecule has 0 amide bonds. The lowest BCUT2D eigenvalue weighted by molar-refractivity contribution is -0.385. The van der Waals surface area contributed by atoms with Gasteiger partial charge in [0.2, 0.25) is 0 Å². The number of ketones is 2. The van der Waals surface area contributed by atoms with Gasteiger partial charge >= 0.3 is 0 Å². The molecule has 0 aliphatic heterocycles. The molecule has 10 heteroatoms. The van der Waals surface area contributed by atoms with E-state index in [2.05, 4.69) is 0 Å². The van der Waals surface area contributed by atoms with E-state index < -0.39 is 33.6 Å². The molecule has 0 aromatic heterocycles. The monoisotopic (exact) mass is 359 g/mol. The Labute approximate surface area is 146 Å². The molecule has 2 aromatic carbocycles. The van der Waals surface area contributed by atoms with Crippen LogP contribution in [-0.2, 0) is 0 Å². The lowest BCUT2D eigenvalue weighted by atomic mass is 9.83. The van der Waals surface area contributed by atoms with Crippen LogP contribution in [0.15, 0.2) is 48.5 Å². The van der Waals surface area contributed by atoms with E-state index in [9.17, 15) is 34.9 Å². The molecule has 0 heterocycles. The Morgan fingerprint density at radius 1 is 0.846 bits per heavy atom. The first-order valence-corrected chi connectivity index (χ1v) is 7.19. The van der Waals surface area contributed by atoms with E-state index in [-0.39, 0.29) is 22.5 Å². The van der Waals surface area contributed by atoms with Crippen LogP contribution in [0.1, 0.15) is 20.7 Å². The van der Waals surface area contributed by atoms with Crippen LogP contribution < -0.4 is 5.73 Å². The van der Waals surface area contributed by atoms with E-state index in [1.54, 1.807) is 0 Å². The van der Waals surface area contributed by atoms with Crippen LogP contribution in [0.2, 0.25) is 0 Å². The Bertz CT molecular complexity index is 806. The normalized spacial score (nSPS) is 11.0. The SMILES string of the molecule is NC(CO)(C(=O)c1ccc([N+](=O)[O-])cc1)C(=O)c1ccc([N+](=O)[O-])cc1. The lowest BCUT2D eigenvalue weighted by Gasteiger charge is -2.24. The van der Waals surface area contributed by atoms with Crippen LogP contribution in [-0.4, -0.2) is 38.7 Å². The Balaban J connectivity index is 2.35. The highest BCUT2D eigenvalue weighted by atomic mass is 16.6. The Kier molecular flexibility index (Phi) is 5.19. The molecule has 0 unspecified atom stereocenters. The summed E-state index contributed by atoms with van der Waals surface area (Å²) in [6.07, 6.45) is 0. The number of carbonyl (C=O) groups excluding carboxylic acids is 2. The minimum atomic E-state index is -2.33. The fourth-order valence-corrected chi connectivity index (χ4v) is 2.23. The number of nitro benzene ring substituents is 2. The van der Waals surface area contributed by atoms with Gasteiger partial charge in [-0.1, -0.05) is 0 Å². The minimum absolute atomic E-state index is 0.0950. The molecule has 0 bridgehead atoms. The average molecular weight is 359 g/mol. The maximum Gasteiger partial charge on any atom is 0.269 e. The van der Waals surface area contributed by atoms with Crippen LogP contribution in [0.5, 0.6) is 0 Å². The Hall–Kier alpha value is -3.50. The molecule has 26 heavy (non-hydrogen) atoms. The second-order valence-electron chi connectivity index (χ2n) is 5.40. The summed E-state index contributed by atoms with van der Waals surface area (Å²) in [5, 5.41) is 30.9. The van der Waals surface area contributed by atoms with E-state index in [0.29, 0.717) is 0 Å². The number of aliphatic hydroxyl groups excluding tert-OH is 1. The van der Waals surface area contributed by atoms with Crippen LogP contribution in [0.4, 0.5) is 11.4 Å². The molecule has 10 nitrogen and oxygen atoms in total. The highest BCUT2D eigenvalue weighted by molar-refractivity contribution is 6.23.